The van der Waals surface area contributed by atoms with Gasteiger partial charge in [-0.05, 0) is 50.0 Å². The van der Waals surface area contributed by atoms with Crippen molar-refractivity contribution in [1.82, 2.24) is 24.8 Å². The predicted molar refractivity (Wildman–Crippen MR) is 155 cm³/mol. The van der Waals surface area contributed by atoms with Crippen LogP contribution >= 0.6 is 35.2 Å². The Bertz CT molecular complexity index is 1200. The van der Waals surface area contributed by atoms with E-state index < -0.39 is 0 Å². The highest BCUT2D eigenvalue weighted by molar-refractivity contribution is 7.80. The molecule has 37 heavy (non-hydrogen) atoms. The molecule has 6 rings (SSSR count). The largest absolute Gasteiger partial charge is 0.345 e. The Hall–Kier alpha value is -2.76. The zero-order chi connectivity index (χ0) is 25.2. The molecule has 0 spiro atoms. The van der Waals surface area contributed by atoms with Crippen LogP contribution in [0.1, 0.15) is 25.7 Å². The highest BCUT2D eigenvalue weighted by Gasteiger charge is 2.26. The van der Waals surface area contributed by atoms with Gasteiger partial charge >= 0.3 is 0 Å². The lowest BCUT2D eigenvalue weighted by Crippen LogP contribution is -2.50. The Morgan fingerprint density at radius 2 is 1.24 bits per heavy atom. The van der Waals surface area contributed by atoms with Crippen LogP contribution in [0.3, 0.4) is 0 Å². The van der Waals surface area contributed by atoms with Gasteiger partial charge in [-0.25, -0.2) is 4.98 Å². The van der Waals surface area contributed by atoms with Crippen LogP contribution in [0.2, 0.25) is 5.02 Å². The fourth-order valence-electron chi connectivity index (χ4n) is 4.97. The fraction of sp³-hybridized carbons (Fsp3) is 0.480. The third kappa shape index (κ3) is 5.58. The summed E-state index contributed by atoms with van der Waals surface area (Å²) in [5.74, 6) is 2.43. The number of anilines is 4. The highest BCUT2D eigenvalue weighted by atomic mass is 35.5. The molecular formula is C25H30ClN9S2. The van der Waals surface area contributed by atoms with Crippen molar-refractivity contribution in [2.45, 2.75) is 25.7 Å². The molecule has 0 saturated carbocycles. The van der Waals surface area contributed by atoms with Crippen molar-refractivity contribution < 1.29 is 0 Å². The number of aromatic nitrogens is 4. The molecule has 3 saturated heterocycles. The molecule has 1 aromatic carbocycles. The first-order chi connectivity index (χ1) is 18.1. The molecule has 12 heteroatoms. The van der Waals surface area contributed by atoms with Crippen LogP contribution in [0.15, 0.2) is 29.6 Å². The van der Waals surface area contributed by atoms with Crippen LogP contribution < -0.4 is 20.0 Å². The van der Waals surface area contributed by atoms with E-state index in [0.717, 1.165) is 86.6 Å². The summed E-state index contributed by atoms with van der Waals surface area (Å²) in [6.07, 6.45) is 4.79. The van der Waals surface area contributed by atoms with Crippen LogP contribution in [0.25, 0.3) is 11.3 Å². The fourth-order valence-corrected chi connectivity index (χ4v) is 6.15. The number of halogens is 1. The molecule has 3 aliphatic rings. The smallest absolute Gasteiger partial charge is 0.232 e. The Labute approximate surface area is 231 Å². The van der Waals surface area contributed by atoms with Crippen molar-refractivity contribution in [3.8, 4) is 11.3 Å². The number of rotatable bonds is 5. The van der Waals surface area contributed by atoms with E-state index in [4.69, 9.17) is 43.8 Å². The number of nitrogens with one attached hydrogen (secondary N) is 1. The van der Waals surface area contributed by atoms with Crippen LogP contribution in [-0.2, 0) is 0 Å². The SMILES string of the molecule is S=C(Nc1nc(-c2ccc(Cl)cc2)cs1)N1CCN(c2nc(N3CCCC3)nc(N3CCCC3)n2)CC1. The second-order valence-corrected chi connectivity index (χ2v) is 11.3. The van der Waals surface area contributed by atoms with Gasteiger partial charge in [0, 0.05) is 68.3 Å². The number of piperazine rings is 1. The van der Waals surface area contributed by atoms with Gasteiger partial charge < -0.3 is 24.9 Å². The molecule has 3 fully saturated rings. The maximum absolute atomic E-state index is 6.01. The van der Waals surface area contributed by atoms with Crippen LogP contribution in [0.4, 0.5) is 23.0 Å². The summed E-state index contributed by atoms with van der Waals surface area (Å²) in [4.78, 5) is 28.4. The van der Waals surface area contributed by atoms with Gasteiger partial charge in [0.15, 0.2) is 10.2 Å². The molecule has 0 radical (unpaired) electrons. The summed E-state index contributed by atoms with van der Waals surface area (Å²) in [6, 6.07) is 7.71. The van der Waals surface area contributed by atoms with Crippen molar-refractivity contribution in [3.05, 3.63) is 34.7 Å². The first-order valence-electron chi connectivity index (χ1n) is 12.9. The number of hydrogen-bond donors (Lipinski definition) is 1. The molecule has 1 N–H and O–H groups in total. The Morgan fingerprint density at radius 3 is 1.78 bits per heavy atom. The van der Waals surface area contributed by atoms with E-state index in [-0.39, 0.29) is 0 Å². The topological polar surface area (TPSA) is 76.6 Å². The molecule has 0 aliphatic carbocycles. The molecule has 2 aromatic heterocycles. The summed E-state index contributed by atoms with van der Waals surface area (Å²) in [6.45, 7) is 7.29. The number of benzene rings is 1. The lowest BCUT2D eigenvalue weighted by atomic mass is 10.2. The van der Waals surface area contributed by atoms with Crippen LogP contribution in [0.5, 0.6) is 0 Å². The minimum absolute atomic E-state index is 0.697. The third-order valence-corrected chi connectivity index (χ3v) is 8.46. The molecule has 0 unspecified atom stereocenters. The lowest BCUT2D eigenvalue weighted by Gasteiger charge is -2.36. The minimum Gasteiger partial charge on any atom is -0.345 e. The molecule has 3 aromatic rings. The molecule has 5 heterocycles. The first kappa shape index (κ1) is 24.6. The van der Waals surface area contributed by atoms with Gasteiger partial charge in [-0.2, -0.15) is 15.0 Å². The lowest BCUT2D eigenvalue weighted by molar-refractivity contribution is 0.388. The summed E-state index contributed by atoms with van der Waals surface area (Å²) < 4.78 is 0. The van der Waals surface area contributed by atoms with E-state index in [0.29, 0.717) is 10.1 Å². The summed E-state index contributed by atoms with van der Waals surface area (Å²) in [7, 11) is 0. The standard InChI is InChI=1S/C25H30ClN9S2/c26-19-7-5-18(6-8-19)20-17-37-24(27-20)31-25(36)35-15-13-34(14-16-35)23-29-21(32-9-1-2-10-32)28-22(30-23)33-11-3-4-12-33/h5-8,17H,1-4,9-16H2,(H,27,31,36). The zero-order valence-electron chi connectivity index (χ0n) is 20.6. The minimum atomic E-state index is 0.697. The summed E-state index contributed by atoms with van der Waals surface area (Å²) in [5, 5.41) is 7.56. The molecule has 0 bridgehead atoms. The van der Waals surface area contributed by atoms with Crippen LogP contribution in [-0.4, -0.2) is 82.3 Å². The number of hydrogen-bond acceptors (Lipinski definition) is 9. The highest BCUT2D eigenvalue weighted by Crippen LogP contribution is 2.27. The predicted octanol–water partition coefficient (Wildman–Crippen LogP) is 4.37. The van der Waals surface area contributed by atoms with E-state index in [2.05, 4.69) is 24.9 Å². The average molecular weight is 556 g/mol. The van der Waals surface area contributed by atoms with Crippen molar-refractivity contribution in [2.24, 2.45) is 0 Å². The summed E-state index contributed by atoms with van der Waals surface area (Å²) in [5.41, 5.74) is 1.95. The maximum atomic E-state index is 6.01. The monoisotopic (exact) mass is 555 g/mol. The van der Waals surface area contributed by atoms with Gasteiger partial charge in [0.1, 0.15) is 0 Å². The quantitative estimate of drug-likeness (QED) is 0.459. The van der Waals surface area contributed by atoms with Crippen molar-refractivity contribution in [1.29, 1.82) is 0 Å². The third-order valence-electron chi connectivity index (χ3n) is 7.09. The maximum Gasteiger partial charge on any atom is 0.232 e. The number of thiazole rings is 1. The van der Waals surface area contributed by atoms with Crippen molar-refractivity contribution in [2.75, 3.05) is 72.4 Å². The van der Waals surface area contributed by atoms with E-state index in [9.17, 15) is 0 Å². The van der Waals surface area contributed by atoms with Crippen molar-refractivity contribution >= 4 is 63.2 Å². The van der Waals surface area contributed by atoms with Gasteiger partial charge in [0.05, 0.1) is 5.69 Å². The molecular weight excluding hydrogens is 526 g/mol. The zero-order valence-corrected chi connectivity index (χ0v) is 23.0. The Morgan fingerprint density at radius 1 is 0.730 bits per heavy atom. The second kappa shape index (κ2) is 10.9. The van der Waals surface area contributed by atoms with Gasteiger partial charge in [-0.1, -0.05) is 23.7 Å². The Balaban J connectivity index is 1.10. The van der Waals surface area contributed by atoms with E-state index in [1.807, 2.05) is 29.6 Å². The van der Waals surface area contributed by atoms with E-state index in [1.54, 1.807) is 11.3 Å². The number of nitrogens with zero attached hydrogens (tertiary/aromatic N) is 8. The molecule has 194 valence electrons. The Kier molecular flexibility index (Phi) is 7.25. The molecule has 9 nitrogen and oxygen atoms in total. The summed E-state index contributed by atoms with van der Waals surface area (Å²) >= 11 is 13.3. The van der Waals surface area contributed by atoms with Gasteiger partial charge in [-0.15, -0.1) is 11.3 Å². The van der Waals surface area contributed by atoms with E-state index >= 15 is 0 Å². The van der Waals surface area contributed by atoms with Gasteiger partial charge in [0.2, 0.25) is 17.8 Å². The first-order valence-corrected chi connectivity index (χ1v) is 14.6. The molecule has 0 amide bonds. The normalized spacial score (nSPS) is 18.1. The number of thiocarbonyl (C=S) groups is 1. The van der Waals surface area contributed by atoms with Crippen molar-refractivity contribution in [3.63, 3.8) is 0 Å². The molecule has 3 aliphatic heterocycles. The van der Waals surface area contributed by atoms with Crippen LogP contribution in [0, 0.1) is 0 Å². The van der Waals surface area contributed by atoms with E-state index in [1.165, 1.54) is 25.7 Å². The average Bonchev–Trinajstić information content (AvgIpc) is 3.72. The van der Waals surface area contributed by atoms with Gasteiger partial charge in [-0.3, -0.25) is 0 Å². The van der Waals surface area contributed by atoms with Gasteiger partial charge in [0.25, 0.3) is 0 Å². The molecule has 0 atom stereocenters. The second-order valence-electron chi connectivity index (χ2n) is 9.57.